The number of hydrogen-bond acceptors (Lipinski definition) is 5. The summed E-state index contributed by atoms with van der Waals surface area (Å²) in [6.07, 6.45) is 1.81. The Kier molecular flexibility index (Phi) is 6.96. The van der Waals surface area contributed by atoms with Gasteiger partial charge in [-0.25, -0.2) is 4.98 Å². The zero-order chi connectivity index (χ0) is 12.6. The van der Waals surface area contributed by atoms with E-state index < -0.39 is 0 Å². The maximum atomic E-state index is 5.24. The van der Waals surface area contributed by atoms with Gasteiger partial charge < -0.3 is 9.47 Å². The molecule has 0 saturated carbocycles. The van der Waals surface area contributed by atoms with Crippen LogP contribution < -0.4 is 0 Å². The molecule has 96 valence electrons. The van der Waals surface area contributed by atoms with E-state index in [1.54, 1.807) is 35.8 Å². The van der Waals surface area contributed by atoms with Gasteiger partial charge in [0, 0.05) is 31.6 Å². The molecule has 0 aromatic carbocycles. The van der Waals surface area contributed by atoms with Crippen LogP contribution in [0.5, 0.6) is 0 Å². The summed E-state index contributed by atoms with van der Waals surface area (Å²) >= 11 is 0. The Morgan fingerprint density at radius 2 is 1.94 bits per heavy atom. The molecular weight excluding hydrogens is 254 g/mol. The molecule has 0 fully saturated rings. The minimum atomic E-state index is 0.0515. The van der Waals surface area contributed by atoms with Gasteiger partial charge in [0.2, 0.25) is 0 Å². The van der Waals surface area contributed by atoms with E-state index in [1.165, 1.54) is 0 Å². The van der Waals surface area contributed by atoms with Crippen LogP contribution in [0.2, 0.25) is 0 Å². The van der Waals surface area contributed by atoms with Crippen LogP contribution in [0.4, 0.5) is 0 Å². The first-order valence-corrected chi connectivity index (χ1v) is 7.70. The zero-order valence-electron chi connectivity index (χ0n) is 10.5. The zero-order valence-corrected chi connectivity index (χ0v) is 12.1. The Morgan fingerprint density at radius 1 is 1.24 bits per heavy atom. The monoisotopic (exact) mass is 273 g/mol. The van der Waals surface area contributed by atoms with Crippen molar-refractivity contribution in [2.75, 3.05) is 33.2 Å². The molecule has 0 aliphatic carbocycles. The van der Waals surface area contributed by atoms with Crippen LogP contribution in [-0.4, -0.2) is 38.2 Å². The van der Waals surface area contributed by atoms with E-state index in [2.05, 4.69) is 11.9 Å². The Labute approximate surface area is 111 Å². The molecule has 3 nitrogen and oxygen atoms in total. The fraction of sp³-hybridized carbons (Fsp3) is 0.583. The number of rotatable bonds is 8. The molecule has 1 heterocycles. The van der Waals surface area contributed by atoms with Crippen molar-refractivity contribution < 1.29 is 9.47 Å². The van der Waals surface area contributed by atoms with Gasteiger partial charge in [0.1, 0.15) is 5.03 Å². The highest BCUT2D eigenvalue weighted by atomic mass is 33.1. The Bertz CT molecular complexity index is 303. The van der Waals surface area contributed by atoms with Crippen LogP contribution >= 0.6 is 21.6 Å². The number of methoxy groups -OCH3 is 2. The number of nitrogens with zero attached hydrogens (tertiary/aromatic N) is 1. The van der Waals surface area contributed by atoms with Crippen LogP contribution in [0.15, 0.2) is 29.4 Å². The maximum absolute atomic E-state index is 5.24. The molecule has 0 N–H and O–H groups in total. The first-order chi connectivity index (χ1) is 8.20. The number of hydrogen-bond donors (Lipinski definition) is 0. The van der Waals surface area contributed by atoms with Gasteiger partial charge in [0.15, 0.2) is 0 Å². The van der Waals surface area contributed by atoms with E-state index in [0.717, 1.165) is 10.8 Å². The molecule has 5 heteroatoms. The molecule has 1 aromatic heterocycles. The molecule has 0 radical (unpaired) electrons. The molecule has 0 saturated heterocycles. The van der Waals surface area contributed by atoms with E-state index >= 15 is 0 Å². The third-order valence-corrected chi connectivity index (χ3v) is 4.74. The van der Waals surface area contributed by atoms with Crippen molar-refractivity contribution in [2.45, 2.75) is 11.9 Å². The van der Waals surface area contributed by atoms with Crippen molar-refractivity contribution in [3.63, 3.8) is 0 Å². The molecule has 0 atom stereocenters. The van der Waals surface area contributed by atoms with E-state index in [1.807, 2.05) is 24.4 Å². The summed E-state index contributed by atoms with van der Waals surface area (Å²) in [6, 6.07) is 5.94. The second-order valence-corrected chi connectivity index (χ2v) is 6.51. The van der Waals surface area contributed by atoms with Gasteiger partial charge in [0.25, 0.3) is 0 Å². The summed E-state index contributed by atoms with van der Waals surface area (Å²) < 4.78 is 10.5. The van der Waals surface area contributed by atoms with Gasteiger partial charge in [-0.15, -0.1) is 0 Å². The van der Waals surface area contributed by atoms with E-state index in [-0.39, 0.29) is 5.41 Å². The molecule has 0 spiro atoms. The standard InChI is InChI=1S/C12H19NO2S2/c1-12(8-14-2,9-15-3)10-16-17-11-6-4-5-7-13-11/h4-7H,8-10H2,1-3H3. The minimum Gasteiger partial charge on any atom is -0.384 e. The normalized spacial score (nSPS) is 11.7. The summed E-state index contributed by atoms with van der Waals surface area (Å²) in [5.74, 6) is 0.968. The SMILES string of the molecule is COCC(C)(COC)CSSc1ccccn1. The van der Waals surface area contributed by atoms with Crippen molar-refractivity contribution in [1.29, 1.82) is 0 Å². The van der Waals surface area contributed by atoms with Gasteiger partial charge in [-0.05, 0) is 22.9 Å². The molecule has 0 unspecified atom stereocenters. The Hall–Kier alpha value is -0.230. The van der Waals surface area contributed by atoms with E-state index in [4.69, 9.17) is 9.47 Å². The second-order valence-electron chi connectivity index (χ2n) is 4.19. The van der Waals surface area contributed by atoms with Crippen molar-refractivity contribution in [3.8, 4) is 0 Å². The molecule has 0 amide bonds. The van der Waals surface area contributed by atoms with E-state index in [9.17, 15) is 0 Å². The van der Waals surface area contributed by atoms with Crippen LogP contribution in [0, 0.1) is 5.41 Å². The first-order valence-electron chi connectivity index (χ1n) is 5.38. The molecule has 0 aliphatic rings. The predicted molar refractivity (Wildman–Crippen MR) is 74.4 cm³/mol. The lowest BCUT2D eigenvalue weighted by atomic mass is 9.96. The number of aromatic nitrogens is 1. The van der Waals surface area contributed by atoms with Crippen LogP contribution in [0.25, 0.3) is 0 Å². The van der Waals surface area contributed by atoms with Gasteiger partial charge in [0.05, 0.1) is 13.2 Å². The van der Waals surface area contributed by atoms with Crippen LogP contribution in [0.3, 0.4) is 0 Å². The third-order valence-electron chi connectivity index (χ3n) is 2.18. The topological polar surface area (TPSA) is 31.4 Å². The average Bonchev–Trinajstić information content (AvgIpc) is 2.31. The lowest BCUT2D eigenvalue weighted by Crippen LogP contribution is -2.30. The lowest BCUT2D eigenvalue weighted by Gasteiger charge is -2.26. The first kappa shape index (κ1) is 14.8. The quantitative estimate of drug-likeness (QED) is 0.679. The van der Waals surface area contributed by atoms with Crippen LogP contribution in [0.1, 0.15) is 6.92 Å². The summed E-state index contributed by atoms with van der Waals surface area (Å²) in [4.78, 5) is 4.27. The van der Waals surface area contributed by atoms with Crippen molar-refractivity contribution in [2.24, 2.45) is 5.41 Å². The predicted octanol–water partition coefficient (Wildman–Crippen LogP) is 3.12. The maximum Gasteiger partial charge on any atom is 0.106 e. The molecule has 0 aliphatic heterocycles. The third kappa shape index (κ3) is 5.77. The van der Waals surface area contributed by atoms with E-state index in [0.29, 0.717) is 13.2 Å². The van der Waals surface area contributed by atoms with Crippen molar-refractivity contribution in [3.05, 3.63) is 24.4 Å². The Morgan fingerprint density at radius 3 is 2.47 bits per heavy atom. The minimum absolute atomic E-state index is 0.0515. The van der Waals surface area contributed by atoms with Gasteiger partial charge in [-0.1, -0.05) is 23.8 Å². The van der Waals surface area contributed by atoms with Gasteiger partial charge in [-0.2, -0.15) is 0 Å². The fourth-order valence-corrected chi connectivity index (χ4v) is 4.01. The molecule has 0 bridgehead atoms. The largest absolute Gasteiger partial charge is 0.384 e. The molecular formula is C12H19NO2S2. The fourth-order valence-electron chi connectivity index (χ4n) is 1.45. The lowest BCUT2D eigenvalue weighted by molar-refractivity contribution is 0.0373. The summed E-state index contributed by atoms with van der Waals surface area (Å²) in [5, 5.41) is 1.04. The van der Waals surface area contributed by atoms with Gasteiger partial charge >= 0.3 is 0 Å². The molecule has 1 aromatic rings. The van der Waals surface area contributed by atoms with Crippen LogP contribution in [-0.2, 0) is 9.47 Å². The summed E-state index contributed by atoms with van der Waals surface area (Å²) in [7, 11) is 6.93. The second kappa shape index (κ2) is 7.97. The molecule has 1 rings (SSSR count). The average molecular weight is 273 g/mol. The number of ether oxygens (including phenoxy) is 2. The smallest absolute Gasteiger partial charge is 0.106 e. The highest BCUT2D eigenvalue weighted by Gasteiger charge is 2.24. The summed E-state index contributed by atoms with van der Waals surface area (Å²) in [6.45, 7) is 3.58. The Balaban J connectivity index is 2.37. The molecule has 17 heavy (non-hydrogen) atoms. The van der Waals surface area contributed by atoms with Crippen molar-refractivity contribution >= 4 is 21.6 Å². The van der Waals surface area contributed by atoms with Gasteiger partial charge in [-0.3, -0.25) is 0 Å². The highest BCUT2D eigenvalue weighted by Crippen LogP contribution is 2.34. The summed E-state index contributed by atoms with van der Waals surface area (Å²) in [5.41, 5.74) is 0.0515. The highest BCUT2D eigenvalue weighted by molar-refractivity contribution is 8.76. The van der Waals surface area contributed by atoms with Crippen molar-refractivity contribution in [1.82, 2.24) is 4.98 Å². The number of pyridine rings is 1.